The summed E-state index contributed by atoms with van der Waals surface area (Å²) >= 11 is 0. The van der Waals surface area contributed by atoms with E-state index in [9.17, 15) is 4.79 Å². The molecule has 2 atom stereocenters. The van der Waals surface area contributed by atoms with Crippen LogP contribution in [0.15, 0.2) is 30.3 Å². The second-order valence-electron chi connectivity index (χ2n) is 5.51. The van der Waals surface area contributed by atoms with Gasteiger partial charge in [-0.3, -0.25) is 4.79 Å². The molecule has 3 nitrogen and oxygen atoms in total. The fourth-order valence-corrected chi connectivity index (χ4v) is 2.88. The summed E-state index contributed by atoms with van der Waals surface area (Å²) in [4.78, 5) is 14.1. The number of carbonyl (C=O) groups is 1. The van der Waals surface area contributed by atoms with E-state index < -0.39 is 0 Å². The summed E-state index contributed by atoms with van der Waals surface area (Å²) in [6.07, 6.45) is 5.86. The molecule has 104 valence electrons. The number of likely N-dealkylation sites (N-methyl/N-ethyl adjacent to an activating group) is 1. The molecule has 0 aromatic heterocycles. The third-order valence-electron chi connectivity index (χ3n) is 4.14. The van der Waals surface area contributed by atoms with Crippen LogP contribution in [0.1, 0.15) is 37.7 Å². The molecule has 0 spiro atoms. The number of carbonyl (C=O) groups excluding carboxylic acids is 1. The van der Waals surface area contributed by atoms with Crippen LogP contribution in [0.4, 0.5) is 0 Å². The molecule has 2 unspecified atom stereocenters. The van der Waals surface area contributed by atoms with E-state index in [2.05, 4.69) is 12.1 Å². The van der Waals surface area contributed by atoms with Crippen LogP contribution in [0.3, 0.4) is 0 Å². The van der Waals surface area contributed by atoms with Gasteiger partial charge in [0.15, 0.2) is 0 Å². The van der Waals surface area contributed by atoms with Crippen molar-refractivity contribution in [2.75, 3.05) is 7.05 Å². The zero-order valence-corrected chi connectivity index (χ0v) is 11.7. The number of nitrogens with zero attached hydrogens (tertiary/aromatic N) is 1. The maximum Gasteiger partial charge on any atom is 0.222 e. The van der Waals surface area contributed by atoms with Crippen LogP contribution in [0.2, 0.25) is 0 Å². The summed E-state index contributed by atoms with van der Waals surface area (Å²) in [5, 5.41) is 0. The van der Waals surface area contributed by atoms with Gasteiger partial charge in [0, 0.05) is 25.6 Å². The minimum atomic E-state index is 0.152. The van der Waals surface area contributed by atoms with Crippen LogP contribution < -0.4 is 5.73 Å². The van der Waals surface area contributed by atoms with Crippen LogP contribution in [-0.4, -0.2) is 29.9 Å². The zero-order valence-electron chi connectivity index (χ0n) is 11.7. The van der Waals surface area contributed by atoms with E-state index in [0.29, 0.717) is 6.42 Å². The van der Waals surface area contributed by atoms with Crippen LogP contribution in [0, 0.1) is 0 Å². The topological polar surface area (TPSA) is 46.3 Å². The fraction of sp³-hybridized carbons (Fsp3) is 0.562. The Bertz CT molecular complexity index is 404. The van der Waals surface area contributed by atoms with Crippen molar-refractivity contribution >= 4 is 5.91 Å². The number of amides is 1. The molecular weight excluding hydrogens is 236 g/mol. The molecular formula is C16H24N2O. The van der Waals surface area contributed by atoms with Gasteiger partial charge in [-0.1, -0.05) is 43.2 Å². The average molecular weight is 260 g/mol. The maximum atomic E-state index is 12.2. The SMILES string of the molecule is CN(C(=O)CCc1ccccc1)C1CCCCC1N. The van der Waals surface area contributed by atoms with E-state index in [0.717, 1.165) is 19.3 Å². The summed E-state index contributed by atoms with van der Waals surface area (Å²) < 4.78 is 0. The van der Waals surface area contributed by atoms with Crippen LogP contribution >= 0.6 is 0 Å². The van der Waals surface area contributed by atoms with Gasteiger partial charge in [0.05, 0.1) is 0 Å². The smallest absolute Gasteiger partial charge is 0.222 e. The minimum Gasteiger partial charge on any atom is -0.341 e. The van der Waals surface area contributed by atoms with Gasteiger partial charge in [0.25, 0.3) is 0 Å². The van der Waals surface area contributed by atoms with E-state index >= 15 is 0 Å². The molecule has 19 heavy (non-hydrogen) atoms. The molecule has 1 fully saturated rings. The van der Waals surface area contributed by atoms with Gasteiger partial charge < -0.3 is 10.6 Å². The first-order chi connectivity index (χ1) is 9.18. The molecule has 1 amide bonds. The number of aryl methyl sites for hydroxylation is 1. The molecule has 0 heterocycles. The van der Waals surface area contributed by atoms with Gasteiger partial charge in [-0.25, -0.2) is 0 Å². The van der Waals surface area contributed by atoms with E-state index in [1.165, 1.54) is 18.4 Å². The zero-order chi connectivity index (χ0) is 13.7. The highest BCUT2D eigenvalue weighted by molar-refractivity contribution is 5.76. The summed E-state index contributed by atoms with van der Waals surface area (Å²) in [7, 11) is 1.91. The molecule has 1 aromatic carbocycles. The molecule has 1 aliphatic rings. The summed E-state index contributed by atoms with van der Waals surface area (Å²) in [5.41, 5.74) is 7.35. The van der Waals surface area contributed by atoms with Crippen molar-refractivity contribution in [3.8, 4) is 0 Å². The molecule has 3 heteroatoms. The minimum absolute atomic E-state index is 0.152. The first kappa shape index (κ1) is 14.1. The standard InChI is InChI=1S/C16H24N2O/c1-18(15-10-6-5-9-14(15)17)16(19)12-11-13-7-3-2-4-8-13/h2-4,7-8,14-15H,5-6,9-12,17H2,1H3. The van der Waals surface area contributed by atoms with Gasteiger partial charge >= 0.3 is 0 Å². The van der Waals surface area contributed by atoms with E-state index in [1.807, 2.05) is 30.1 Å². The second kappa shape index (κ2) is 6.71. The Labute approximate surface area is 115 Å². The Hall–Kier alpha value is -1.35. The molecule has 0 saturated heterocycles. The van der Waals surface area contributed by atoms with Crippen LogP contribution in [0.5, 0.6) is 0 Å². The Kier molecular flexibility index (Phi) is 4.97. The Balaban J connectivity index is 1.85. The average Bonchev–Trinajstić information content (AvgIpc) is 2.45. The summed E-state index contributed by atoms with van der Waals surface area (Å²) in [5.74, 6) is 0.214. The maximum absolute atomic E-state index is 12.2. The molecule has 1 saturated carbocycles. The third kappa shape index (κ3) is 3.80. The number of nitrogens with two attached hydrogens (primary N) is 1. The number of rotatable bonds is 4. The molecule has 0 radical (unpaired) electrons. The van der Waals surface area contributed by atoms with Crippen molar-refractivity contribution < 1.29 is 4.79 Å². The fourth-order valence-electron chi connectivity index (χ4n) is 2.88. The summed E-state index contributed by atoms with van der Waals surface area (Å²) in [6.45, 7) is 0. The highest BCUT2D eigenvalue weighted by Crippen LogP contribution is 2.21. The highest BCUT2D eigenvalue weighted by Gasteiger charge is 2.27. The van der Waals surface area contributed by atoms with Crippen molar-refractivity contribution in [2.24, 2.45) is 5.73 Å². The molecule has 1 aromatic rings. The Morgan fingerprint density at radius 2 is 1.95 bits per heavy atom. The molecule has 1 aliphatic carbocycles. The predicted molar refractivity (Wildman–Crippen MR) is 77.8 cm³/mol. The lowest BCUT2D eigenvalue weighted by atomic mass is 9.90. The van der Waals surface area contributed by atoms with E-state index in [4.69, 9.17) is 5.73 Å². The second-order valence-corrected chi connectivity index (χ2v) is 5.51. The quantitative estimate of drug-likeness (QED) is 0.903. The van der Waals surface area contributed by atoms with Gasteiger partial charge in [0.2, 0.25) is 5.91 Å². The van der Waals surface area contributed by atoms with Crippen molar-refractivity contribution in [2.45, 2.75) is 50.6 Å². The van der Waals surface area contributed by atoms with Gasteiger partial charge in [-0.05, 0) is 24.8 Å². The van der Waals surface area contributed by atoms with Crippen molar-refractivity contribution in [3.63, 3.8) is 0 Å². The van der Waals surface area contributed by atoms with E-state index in [1.54, 1.807) is 0 Å². The molecule has 0 aliphatic heterocycles. The molecule has 0 bridgehead atoms. The number of benzene rings is 1. The van der Waals surface area contributed by atoms with Crippen molar-refractivity contribution in [3.05, 3.63) is 35.9 Å². The third-order valence-corrected chi connectivity index (χ3v) is 4.14. The summed E-state index contributed by atoms with van der Waals surface area (Å²) in [6, 6.07) is 10.6. The lowest BCUT2D eigenvalue weighted by Gasteiger charge is -2.36. The number of hydrogen-bond acceptors (Lipinski definition) is 2. The molecule has 2 rings (SSSR count). The normalized spacial score (nSPS) is 23.1. The lowest BCUT2D eigenvalue weighted by Crippen LogP contribution is -2.50. The van der Waals surface area contributed by atoms with Crippen molar-refractivity contribution in [1.82, 2.24) is 4.90 Å². The van der Waals surface area contributed by atoms with Crippen LogP contribution in [-0.2, 0) is 11.2 Å². The monoisotopic (exact) mass is 260 g/mol. The van der Waals surface area contributed by atoms with Gasteiger partial charge in [-0.2, -0.15) is 0 Å². The predicted octanol–water partition coefficient (Wildman–Crippen LogP) is 2.35. The van der Waals surface area contributed by atoms with Crippen molar-refractivity contribution in [1.29, 1.82) is 0 Å². The van der Waals surface area contributed by atoms with Gasteiger partial charge in [-0.15, -0.1) is 0 Å². The Morgan fingerprint density at radius 3 is 2.63 bits per heavy atom. The highest BCUT2D eigenvalue weighted by atomic mass is 16.2. The number of hydrogen-bond donors (Lipinski definition) is 1. The van der Waals surface area contributed by atoms with Gasteiger partial charge in [0.1, 0.15) is 0 Å². The van der Waals surface area contributed by atoms with Crippen LogP contribution in [0.25, 0.3) is 0 Å². The largest absolute Gasteiger partial charge is 0.341 e. The lowest BCUT2D eigenvalue weighted by molar-refractivity contribution is -0.132. The first-order valence-electron chi connectivity index (χ1n) is 7.23. The van der Waals surface area contributed by atoms with E-state index in [-0.39, 0.29) is 18.0 Å². The molecule has 2 N–H and O–H groups in total. The Morgan fingerprint density at radius 1 is 1.26 bits per heavy atom. The first-order valence-corrected chi connectivity index (χ1v) is 7.23.